The number of hydrogen-bond donors (Lipinski definition) is 1. The van der Waals surface area contributed by atoms with Crippen LogP contribution in [0.3, 0.4) is 0 Å². The summed E-state index contributed by atoms with van der Waals surface area (Å²) in [6.07, 6.45) is 1.62. The first-order valence-electron chi connectivity index (χ1n) is 8.40. The van der Waals surface area contributed by atoms with Crippen molar-refractivity contribution in [3.8, 4) is 5.75 Å². The molecule has 3 rings (SSSR count). The zero-order chi connectivity index (χ0) is 19.4. The summed E-state index contributed by atoms with van der Waals surface area (Å²) >= 11 is 6.14. The smallest absolute Gasteiger partial charge is 0.276 e. The van der Waals surface area contributed by atoms with Crippen molar-refractivity contribution in [1.82, 2.24) is 4.98 Å². The molecule has 0 aliphatic heterocycles. The summed E-state index contributed by atoms with van der Waals surface area (Å²) < 4.78 is 5.37. The molecule has 1 aromatic heterocycles. The highest BCUT2D eigenvalue weighted by atomic mass is 35.5. The van der Waals surface area contributed by atoms with Crippen molar-refractivity contribution >= 4 is 34.6 Å². The van der Waals surface area contributed by atoms with Crippen molar-refractivity contribution in [2.24, 2.45) is 0 Å². The number of carbonyl (C=O) groups is 1. The van der Waals surface area contributed by atoms with Crippen LogP contribution >= 0.6 is 11.6 Å². The van der Waals surface area contributed by atoms with E-state index in [9.17, 15) is 4.79 Å². The third kappa shape index (κ3) is 4.20. The van der Waals surface area contributed by atoms with Crippen LogP contribution in [0.4, 0.5) is 17.1 Å². The van der Waals surface area contributed by atoms with Crippen molar-refractivity contribution in [2.45, 2.75) is 6.92 Å². The van der Waals surface area contributed by atoms with E-state index in [1.54, 1.807) is 37.4 Å². The van der Waals surface area contributed by atoms with Crippen molar-refractivity contribution < 1.29 is 9.53 Å². The number of benzene rings is 2. The molecule has 1 heterocycles. The topological polar surface area (TPSA) is 54.5 Å². The van der Waals surface area contributed by atoms with Gasteiger partial charge < -0.3 is 15.0 Å². The molecule has 6 heteroatoms. The number of nitrogens with one attached hydrogen (secondary N) is 1. The van der Waals surface area contributed by atoms with Crippen molar-refractivity contribution in [2.75, 3.05) is 24.4 Å². The fourth-order valence-corrected chi connectivity index (χ4v) is 2.77. The van der Waals surface area contributed by atoms with Gasteiger partial charge in [-0.3, -0.25) is 4.79 Å². The SMILES string of the molecule is COc1cc(Cl)c(C)cc1Nc1ccc(C(=O)N(C)c2ccccc2)nc1. The first-order chi connectivity index (χ1) is 13.0. The molecule has 0 aliphatic rings. The monoisotopic (exact) mass is 381 g/mol. The number of para-hydroxylation sites is 1. The van der Waals surface area contributed by atoms with Crippen LogP contribution in [0.5, 0.6) is 5.75 Å². The molecule has 0 atom stereocenters. The Morgan fingerprint density at radius 1 is 1.15 bits per heavy atom. The van der Waals surface area contributed by atoms with Crippen LogP contribution in [0.15, 0.2) is 60.8 Å². The summed E-state index contributed by atoms with van der Waals surface area (Å²) in [6.45, 7) is 1.92. The maximum Gasteiger partial charge on any atom is 0.276 e. The predicted octanol–water partition coefficient (Wildman–Crippen LogP) is 5.07. The number of aryl methyl sites for hydroxylation is 1. The largest absolute Gasteiger partial charge is 0.495 e. The van der Waals surface area contributed by atoms with Gasteiger partial charge >= 0.3 is 0 Å². The van der Waals surface area contributed by atoms with E-state index in [4.69, 9.17) is 16.3 Å². The first-order valence-corrected chi connectivity index (χ1v) is 8.77. The highest BCUT2D eigenvalue weighted by Crippen LogP contribution is 2.33. The van der Waals surface area contributed by atoms with Crippen LogP contribution in [-0.4, -0.2) is 25.0 Å². The van der Waals surface area contributed by atoms with E-state index in [0.29, 0.717) is 16.5 Å². The highest BCUT2D eigenvalue weighted by molar-refractivity contribution is 6.31. The fraction of sp³-hybridized carbons (Fsp3) is 0.143. The molecule has 0 saturated carbocycles. The standard InChI is InChI=1S/C21H20ClN3O2/c1-14-11-19(20(27-3)12-17(14)22)24-15-9-10-18(23-13-15)21(26)25(2)16-7-5-4-6-8-16/h4-13,24H,1-3H3. The molecule has 3 aromatic rings. The van der Waals surface area contributed by atoms with Gasteiger partial charge in [-0.25, -0.2) is 4.98 Å². The van der Waals surface area contributed by atoms with Gasteiger partial charge in [-0.1, -0.05) is 29.8 Å². The van der Waals surface area contributed by atoms with E-state index in [1.165, 1.54) is 0 Å². The molecule has 0 fully saturated rings. The zero-order valence-electron chi connectivity index (χ0n) is 15.4. The summed E-state index contributed by atoms with van der Waals surface area (Å²) in [5, 5.41) is 3.89. The molecule has 27 heavy (non-hydrogen) atoms. The number of halogens is 1. The Morgan fingerprint density at radius 3 is 2.52 bits per heavy atom. The van der Waals surface area contributed by atoms with Crippen LogP contribution in [-0.2, 0) is 0 Å². The molecule has 0 spiro atoms. The molecular formula is C21H20ClN3O2. The molecular weight excluding hydrogens is 362 g/mol. The van der Waals surface area contributed by atoms with E-state index < -0.39 is 0 Å². The van der Waals surface area contributed by atoms with Crippen LogP contribution in [0.25, 0.3) is 0 Å². The number of rotatable bonds is 5. The molecule has 0 bridgehead atoms. The number of carbonyl (C=O) groups excluding carboxylic acids is 1. The number of methoxy groups -OCH3 is 1. The lowest BCUT2D eigenvalue weighted by Crippen LogP contribution is -2.26. The number of pyridine rings is 1. The lowest BCUT2D eigenvalue weighted by atomic mass is 10.2. The molecule has 2 aromatic carbocycles. The van der Waals surface area contributed by atoms with Crippen LogP contribution in [0, 0.1) is 6.92 Å². The first kappa shape index (κ1) is 18.7. The van der Waals surface area contributed by atoms with E-state index in [2.05, 4.69) is 10.3 Å². The number of aromatic nitrogens is 1. The van der Waals surface area contributed by atoms with Crippen molar-refractivity contribution in [1.29, 1.82) is 0 Å². The summed E-state index contributed by atoms with van der Waals surface area (Å²) in [4.78, 5) is 18.5. The number of hydrogen-bond acceptors (Lipinski definition) is 4. The van der Waals surface area contributed by atoms with Gasteiger partial charge in [0.25, 0.3) is 5.91 Å². The second-order valence-corrected chi connectivity index (χ2v) is 6.47. The maximum absolute atomic E-state index is 12.6. The molecule has 0 unspecified atom stereocenters. The van der Waals surface area contributed by atoms with E-state index >= 15 is 0 Å². The fourth-order valence-electron chi connectivity index (χ4n) is 2.62. The third-order valence-corrected chi connectivity index (χ3v) is 4.60. The quantitative estimate of drug-likeness (QED) is 0.670. The summed E-state index contributed by atoms with van der Waals surface area (Å²) in [7, 11) is 3.32. The van der Waals surface area contributed by atoms with Gasteiger partial charge in [0, 0.05) is 23.8 Å². The number of nitrogens with zero attached hydrogens (tertiary/aromatic N) is 2. The average Bonchev–Trinajstić information content (AvgIpc) is 2.70. The lowest BCUT2D eigenvalue weighted by Gasteiger charge is -2.17. The minimum atomic E-state index is -0.173. The van der Waals surface area contributed by atoms with Gasteiger partial charge in [-0.15, -0.1) is 0 Å². The Balaban J connectivity index is 1.78. The maximum atomic E-state index is 12.6. The molecule has 0 radical (unpaired) electrons. The van der Waals surface area contributed by atoms with Gasteiger partial charge in [0.1, 0.15) is 11.4 Å². The zero-order valence-corrected chi connectivity index (χ0v) is 16.1. The van der Waals surface area contributed by atoms with Crippen LogP contribution in [0.2, 0.25) is 5.02 Å². The molecule has 138 valence electrons. The van der Waals surface area contributed by atoms with Gasteiger partial charge in [0.2, 0.25) is 0 Å². The summed E-state index contributed by atoms with van der Waals surface area (Å²) in [5.41, 5.74) is 3.64. The number of anilines is 3. The van der Waals surface area contributed by atoms with Crippen LogP contribution < -0.4 is 15.0 Å². The number of amides is 1. The van der Waals surface area contributed by atoms with Gasteiger partial charge in [0.15, 0.2) is 0 Å². The Bertz CT molecular complexity index is 944. The van der Waals surface area contributed by atoms with Gasteiger partial charge in [-0.05, 0) is 42.8 Å². The second kappa shape index (κ2) is 8.10. The van der Waals surface area contributed by atoms with E-state index in [1.807, 2.05) is 49.4 Å². The summed E-state index contributed by atoms with van der Waals surface area (Å²) in [5.74, 6) is 0.460. The van der Waals surface area contributed by atoms with E-state index in [-0.39, 0.29) is 5.91 Å². The Hall–Kier alpha value is -3.05. The van der Waals surface area contributed by atoms with Gasteiger partial charge in [0.05, 0.1) is 24.7 Å². The van der Waals surface area contributed by atoms with Crippen LogP contribution in [0.1, 0.15) is 16.1 Å². The molecule has 1 N–H and O–H groups in total. The molecule has 0 saturated heterocycles. The Kier molecular flexibility index (Phi) is 5.62. The molecule has 5 nitrogen and oxygen atoms in total. The molecule has 0 aliphatic carbocycles. The normalized spacial score (nSPS) is 10.4. The third-order valence-electron chi connectivity index (χ3n) is 4.19. The second-order valence-electron chi connectivity index (χ2n) is 6.06. The lowest BCUT2D eigenvalue weighted by molar-refractivity contribution is 0.0988. The highest BCUT2D eigenvalue weighted by Gasteiger charge is 2.15. The van der Waals surface area contributed by atoms with Crippen molar-refractivity contribution in [3.05, 3.63) is 77.1 Å². The minimum absolute atomic E-state index is 0.173. The van der Waals surface area contributed by atoms with Gasteiger partial charge in [-0.2, -0.15) is 0 Å². The summed E-state index contributed by atoms with van der Waals surface area (Å²) in [6, 6.07) is 16.6. The predicted molar refractivity (Wildman–Crippen MR) is 109 cm³/mol. The Labute approximate surface area is 163 Å². The number of ether oxygens (including phenoxy) is 1. The molecule has 1 amide bonds. The van der Waals surface area contributed by atoms with E-state index in [0.717, 1.165) is 22.6 Å². The average molecular weight is 382 g/mol. The Morgan fingerprint density at radius 2 is 1.89 bits per heavy atom. The minimum Gasteiger partial charge on any atom is -0.495 e. The van der Waals surface area contributed by atoms with Crippen molar-refractivity contribution in [3.63, 3.8) is 0 Å².